The first-order valence-electron chi connectivity index (χ1n) is 8.64. The van der Waals surface area contributed by atoms with Gasteiger partial charge >= 0.3 is 6.18 Å². The van der Waals surface area contributed by atoms with Crippen molar-refractivity contribution < 1.29 is 22.6 Å². The molecule has 2 N–H and O–H groups in total. The molecule has 1 aromatic carbocycles. The Hall–Kier alpha value is -2.93. The highest BCUT2D eigenvalue weighted by molar-refractivity contribution is 7.09. The average Bonchev–Trinajstić information content (AvgIpc) is 3.18. The van der Waals surface area contributed by atoms with E-state index in [0.717, 1.165) is 22.3 Å². The van der Waals surface area contributed by atoms with Gasteiger partial charge in [-0.3, -0.25) is 0 Å². The molecule has 1 aromatic heterocycles. The number of halogens is 3. The van der Waals surface area contributed by atoms with Crippen LogP contribution in [0.1, 0.15) is 23.2 Å². The molecular weight excluding hydrogens is 405 g/mol. The van der Waals surface area contributed by atoms with E-state index >= 15 is 0 Å². The fourth-order valence-electron chi connectivity index (χ4n) is 2.25. The molecule has 0 aliphatic heterocycles. The normalized spacial score (nSPS) is 11.7. The van der Waals surface area contributed by atoms with Gasteiger partial charge in [0, 0.05) is 11.9 Å². The molecule has 0 amide bonds. The van der Waals surface area contributed by atoms with E-state index in [1.807, 2.05) is 13.0 Å². The van der Waals surface area contributed by atoms with Crippen molar-refractivity contribution in [3.63, 3.8) is 0 Å². The standard InChI is InChI=1S/C19H21F3N4O2S/c1-4-8-28-15-9-13(6-7-14(15)27-3)10-24-18(23-5-2)25-11-17-26-16(12-29-17)19(20,21)22/h1,6-7,9,12H,5,8,10-11H2,2-3H3,(H2,23,24,25). The molecule has 1 heterocycles. The number of guanidine groups is 1. The number of rotatable bonds is 8. The van der Waals surface area contributed by atoms with Crippen molar-refractivity contribution in [3.8, 4) is 23.8 Å². The minimum Gasteiger partial charge on any atom is -0.493 e. The van der Waals surface area contributed by atoms with Crippen molar-refractivity contribution in [2.75, 3.05) is 20.3 Å². The van der Waals surface area contributed by atoms with Crippen LogP contribution < -0.4 is 20.1 Å². The molecule has 6 nitrogen and oxygen atoms in total. The van der Waals surface area contributed by atoms with Crippen LogP contribution in [0.2, 0.25) is 0 Å². The number of hydrogen-bond acceptors (Lipinski definition) is 5. The highest BCUT2D eigenvalue weighted by atomic mass is 32.1. The lowest BCUT2D eigenvalue weighted by Gasteiger charge is -2.12. The van der Waals surface area contributed by atoms with E-state index in [4.69, 9.17) is 15.9 Å². The summed E-state index contributed by atoms with van der Waals surface area (Å²) in [5.74, 6) is 3.92. The van der Waals surface area contributed by atoms with Crippen molar-refractivity contribution in [2.45, 2.75) is 26.2 Å². The number of terminal acetylenes is 1. The number of methoxy groups -OCH3 is 1. The summed E-state index contributed by atoms with van der Waals surface area (Å²) in [5.41, 5.74) is -0.0393. The maximum atomic E-state index is 12.7. The van der Waals surface area contributed by atoms with E-state index in [0.29, 0.717) is 35.6 Å². The summed E-state index contributed by atoms with van der Waals surface area (Å²) in [6, 6.07) is 5.37. The van der Waals surface area contributed by atoms with Gasteiger partial charge in [-0.15, -0.1) is 17.8 Å². The van der Waals surface area contributed by atoms with Crippen LogP contribution in [0.15, 0.2) is 28.6 Å². The molecule has 0 aliphatic carbocycles. The predicted molar refractivity (Wildman–Crippen MR) is 106 cm³/mol. The van der Waals surface area contributed by atoms with Gasteiger partial charge in [0.15, 0.2) is 23.2 Å². The molecular formula is C19H21F3N4O2S. The Bertz CT molecular complexity index is 875. The predicted octanol–water partition coefficient (Wildman–Crippen LogP) is 3.44. The molecule has 0 radical (unpaired) electrons. The zero-order valence-electron chi connectivity index (χ0n) is 16.0. The van der Waals surface area contributed by atoms with Gasteiger partial charge in [0.05, 0.1) is 20.2 Å². The minimum absolute atomic E-state index is 0.112. The molecule has 0 unspecified atom stereocenters. The molecule has 0 atom stereocenters. The largest absolute Gasteiger partial charge is 0.493 e. The number of thiazole rings is 1. The molecule has 0 spiro atoms. The molecule has 0 bridgehead atoms. The van der Waals surface area contributed by atoms with E-state index in [-0.39, 0.29) is 13.2 Å². The van der Waals surface area contributed by atoms with E-state index in [1.54, 1.807) is 12.1 Å². The van der Waals surface area contributed by atoms with Crippen molar-refractivity contribution in [2.24, 2.45) is 4.99 Å². The fourth-order valence-corrected chi connectivity index (χ4v) is 2.99. The van der Waals surface area contributed by atoms with E-state index in [1.165, 1.54) is 7.11 Å². The zero-order valence-corrected chi connectivity index (χ0v) is 16.8. The second-order valence-electron chi connectivity index (χ2n) is 5.65. The first-order chi connectivity index (χ1) is 13.9. The van der Waals surface area contributed by atoms with Gasteiger partial charge in [-0.2, -0.15) is 13.2 Å². The number of ether oxygens (including phenoxy) is 2. The first-order valence-corrected chi connectivity index (χ1v) is 9.52. The Kier molecular flexibility index (Phi) is 8.15. The first kappa shape index (κ1) is 22.4. The van der Waals surface area contributed by atoms with E-state index in [2.05, 4.69) is 26.5 Å². The lowest BCUT2D eigenvalue weighted by atomic mass is 10.2. The highest BCUT2D eigenvalue weighted by Gasteiger charge is 2.33. The Labute approximate surface area is 171 Å². The molecule has 10 heteroatoms. The maximum Gasteiger partial charge on any atom is 0.434 e. The van der Waals surface area contributed by atoms with Gasteiger partial charge in [0.1, 0.15) is 11.6 Å². The summed E-state index contributed by atoms with van der Waals surface area (Å²) < 4.78 is 48.7. The SMILES string of the molecule is C#CCOc1cc(CN=C(NCC)NCc2nc(C(F)(F)F)cs2)ccc1OC. The molecule has 156 valence electrons. The van der Waals surface area contributed by atoms with Crippen molar-refractivity contribution in [3.05, 3.63) is 39.8 Å². The second kappa shape index (κ2) is 10.6. The summed E-state index contributed by atoms with van der Waals surface area (Å²) in [7, 11) is 1.53. The van der Waals surface area contributed by atoms with Crippen LogP contribution in [0.4, 0.5) is 13.2 Å². The minimum atomic E-state index is -4.44. The zero-order chi connectivity index (χ0) is 21.3. The smallest absolute Gasteiger partial charge is 0.434 e. The van der Waals surface area contributed by atoms with Crippen molar-refractivity contribution in [1.82, 2.24) is 15.6 Å². The highest BCUT2D eigenvalue weighted by Crippen LogP contribution is 2.30. The Morgan fingerprint density at radius 3 is 2.72 bits per heavy atom. The molecule has 0 fully saturated rings. The number of aromatic nitrogens is 1. The van der Waals surface area contributed by atoms with Gasteiger partial charge < -0.3 is 20.1 Å². The second-order valence-corrected chi connectivity index (χ2v) is 6.59. The monoisotopic (exact) mass is 426 g/mol. The summed E-state index contributed by atoms with van der Waals surface area (Å²) in [6.07, 6.45) is 0.780. The number of benzene rings is 1. The van der Waals surface area contributed by atoms with Crippen LogP contribution in [-0.4, -0.2) is 31.2 Å². The molecule has 0 saturated carbocycles. The number of nitrogens with zero attached hydrogens (tertiary/aromatic N) is 2. The van der Waals surface area contributed by atoms with E-state index in [9.17, 15) is 13.2 Å². The van der Waals surface area contributed by atoms with Gasteiger partial charge in [-0.1, -0.05) is 12.0 Å². The molecule has 0 saturated heterocycles. The third kappa shape index (κ3) is 6.87. The summed E-state index contributed by atoms with van der Waals surface area (Å²) in [5, 5.41) is 7.34. The van der Waals surface area contributed by atoms with Gasteiger partial charge in [0.2, 0.25) is 0 Å². The van der Waals surface area contributed by atoms with Gasteiger partial charge in [-0.05, 0) is 24.6 Å². The lowest BCUT2D eigenvalue weighted by molar-refractivity contribution is -0.140. The Morgan fingerprint density at radius 2 is 2.10 bits per heavy atom. The van der Waals surface area contributed by atoms with Crippen LogP contribution >= 0.6 is 11.3 Å². The van der Waals surface area contributed by atoms with Crippen molar-refractivity contribution in [1.29, 1.82) is 0 Å². The van der Waals surface area contributed by atoms with Crippen LogP contribution in [-0.2, 0) is 19.3 Å². The summed E-state index contributed by atoms with van der Waals surface area (Å²) in [6.45, 7) is 3.04. The number of aliphatic imine (C=N–C) groups is 1. The van der Waals surface area contributed by atoms with E-state index < -0.39 is 11.9 Å². The average molecular weight is 426 g/mol. The topological polar surface area (TPSA) is 67.8 Å². The molecule has 2 rings (SSSR count). The molecule has 2 aromatic rings. The number of nitrogens with one attached hydrogen (secondary N) is 2. The maximum absolute atomic E-state index is 12.7. The lowest BCUT2D eigenvalue weighted by Crippen LogP contribution is -2.36. The Morgan fingerprint density at radius 1 is 1.31 bits per heavy atom. The van der Waals surface area contributed by atoms with Gasteiger partial charge in [-0.25, -0.2) is 9.98 Å². The third-order valence-corrected chi connectivity index (χ3v) is 4.40. The van der Waals surface area contributed by atoms with Crippen LogP contribution in [0.3, 0.4) is 0 Å². The quantitative estimate of drug-likeness (QED) is 0.385. The number of hydrogen-bond donors (Lipinski definition) is 2. The molecule has 0 aliphatic rings. The third-order valence-electron chi connectivity index (χ3n) is 3.55. The summed E-state index contributed by atoms with van der Waals surface area (Å²) in [4.78, 5) is 8.04. The van der Waals surface area contributed by atoms with Crippen LogP contribution in [0, 0.1) is 12.3 Å². The van der Waals surface area contributed by atoms with Crippen LogP contribution in [0.5, 0.6) is 11.5 Å². The number of alkyl halides is 3. The van der Waals surface area contributed by atoms with Crippen molar-refractivity contribution >= 4 is 17.3 Å². The summed E-state index contributed by atoms with van der Waals surface area (Å²) >= 11 is 0.942. The van der Waals surface area contributed by atoms with Gasteiger partial charge in [0.25, 0.3) is 0 Å². The molecule has 29 heavy (non-hydrogen) atoms. The van der Waals surface area contributed by atoms with Crippen LogP contribution in [0.25, 0.3) is 0 Å². The fraction of sp³-hybridized carbons (Fsp3) is 0.368. The Balaban J connectivity index is 2.05.